The third kappa shape index (κ3) is 5.35. The molecule has 0 radical (unpaired) electrons. The molecule has 0 amide bonds. The highest BCUT2D eigenvalue weighted by Crippen LogP contribution is 2.32. The number of anilines is 1. The zero-order valence-electron chi connectivity index (χ0n) is 17.1. The summed E-state index contributed by atoms with van der Waals surface area (Å²) in [4.78, 5) is -0.379. The van der Waals surface area contributed by atoms with Gasteiger partial charge in [0, 0.05) is 11.4 Å². The molecule has 1 N–H and O–H groups in total. The van der Waals surface area contributed by atoms with Crippen LogP contribution in [0.4, 0.5) is 10.1 Å². The van der Waals surface area contributed by atoms with Gasteiger partial charge in [0.1, 0.15) is 16.9 Å². The summed E-state index contributed by atoms with van der Waals surface area (Å²) in [5.41, 5.74) is 3.18. The molecule has 0 aliphatic heterocycles. The Hall–Kier alpha value is -3.08. The first-order chi connectivity index (χ1) is 14.8. The maximum atomic E-state index is 14.1. The lowest BCUT2D eigenvalue weighted by Gasteiger charge is -2.15. The number of aryl methyl sites for hydroxylation is 2. The molecule has 4 nitrogen and oxygen atoms in total. The van der Waals surface area contributed by atoms with E-state index < -0.39 is 14.7 Å². The van der Waals surface area contributed by atoms with Gasteiger partial charge in [0.15, 0.2) is 4.91 Å². The number of thioether (sulfide) groups is 1. The number of nitrogens with zero attached hydrogens (tertiary/aromatic N) is 1. The molecule has 0 unspecified atom stereocenters. The van der Waals surface area contributed by atoms with E-state index in [2.05, 4.69) is 5.32 Å². The zero-order chi connectivity index (χ0) is 22.4. The third-order valence-corrected chi connectivity index (χ3v) is 7.63. The van der Waals surface area contributed by atoms with E-state index in [1.54, 1.807) is 36.4 Å². The number of allylic oxidation sites excluding steroid dienone is 1. The molecule has 0 aliphatic carbocycles. The number of sulfone groups is 1. The van der Waals surface area contributed by atoms with E-state index in [4.69, 9.17) is 0 Å². The van der Waals surface area contributed by atoms with Crippen LogP contribution in [0.2, 0.25) is 0 Å². The van der Waals surface area contributed by atoms with Crippen molar-refractivity contribution in [2.24, 2.45) is 0 Å². The van der Waals surface area contributed by atoms with Crippen LogP contribution >= 0.6 is 11.8 Å². The van der Waals surface area contributed by atoms with Crippen LogP contribution in [0.15, 0.2) is 87.6 Å². The van der Waals surface area contributed by atoms with Crippen molar-refractivity contribution in [3.8, 4) is 6.07 Å². The van der Waals surface area contributed by atoms with E-state index in [-0.39, 0.29) is 21.5 Å². The minimum absolute atomic E-state index is 0.0254. The molecule has 0 bridgehead atoms. The maximum Gasteiger partial charge on any atom is 0.219 e. The summed E-state index contributed by atoms with van der Waals surface area (Å²) in [5.74, 6) is -0.222. The Kier molecular flexibility index (Phi) is 7.16. The van der Waals surface area contributed by atoms with Gasteiger partial charge in [-0.15, -0.1) is 11.8 Å². The molecule has 0 aromatic heterocycles. The predicted octanol–water partition coefficient (Wildman–Crippen LogP) is 5.95. The number of nitriles is 1. The lowest BCUT2D eigenvalue weighted by Crippen LogP contribution is -2.10. The maximum absolute atomic E-state index is 14.1. The quantitative estimate of drug-likeness (QED) is 0.448. The highest BCUT2D eigenvalue weighted by atomic mass is 32.2. The number of hydrogen-bond donors (Lipinski definition) is 1. The third-order valence-electron chi connectivity index (χ3n) is 4.72. The van der Waals surface area contributed by atoms with Crippen molar-refractivity contribution in [3.05, 3.63) is 105 Å². The van der Waals surface area contributed by atoms with Crippen molar-refractivity contribution < 1.29 is 12.8 Å². The van der Waals surface area contributed by atoms with Gasteiger partial charge in [0.05, 0.1) is 4.90 Å². The second-order valence-corrected chi connectivity index (χ2v) is 9.76. The number of hydrogen-bond acceptors (Lipinski definition) is 5. The minimum Gasteiger partial charge on any atom is -0.349 e. The predicted molar refractivity (Wildman–Crippen MR) is 124 cm³/mol. The average Bonchev–Trinajstić information content (AvgIpc) is 2.76. The molecule has 0 atom stereocenters. The normalized spacial score (nSPS) is 12.1. The van der Waals surface area contributed by atoms with Gasteiger partial charge >= 0.3 is 0 Å². The second kappa shape index (κ2) is 9.82. The van der Waals surface area contributed by atoms with Crippen LogP contribution in [0.3, 0.4) is 0 Å². The van der Waals surface area contributed by atoms with Crippen LogP contribution in [-0.2, 0) is 15.6 Å². The molecule has 31 heavy (non-hydrogen) atoms. The van der Waals surface area contributed by atoms with Gasteiger partial charge in [0.2, 0.25) is 9.84 Å². The van der Waals surface area contributed by atoms with Crippen LogP contribution in [0, 0.1) is 31.0 Å². The van der Waals surface area contributed by atoms with Crippen molar-refractivity contribution in [3.63, 3.8) is 0 Å². The standard InChI is InChI=1S/C24H21FN2O2S2/c1-17-12-13-20(14-18(17)2)27-24(30-16-19-8-6-7-11-22(19)25)23(15-26)31(28,29)21-9-4-3-5-10-21/h3-14,27H,16H2,1-2H3. The van der Waals surface area contributed by atoms with Gasteiger partial charge in [-0.05, 0) is 60.9 Å². The molecule has 7 heteroatoms. The Labute approximate surface area is 186 Å². The summed E-state index contributed by atoms with van der Waals surface area (Å²) in [7, 11) is -4.06. The van der Waals surface area contributed by atoms with Crippen molar-refractivity contribution in [2.45, 2.75) is 24.5 Å². The number of halogens is 1. The molecule has 158 valence electrons. The Morgan fingerprint density at radius 1 is 1.00 bits per heavy atom. The van der Waals surface area contributed by atoms with Crippen LogP contribution < -0.4 is 5.32 Å². The van der Waals surface area contributed by atoms with E-state index in [0.29, 0.717) is 11.3 Å². The molecule has 0 saturated heterocycles. The first kappa shape index (κ1) is 22.6. The van der Waals surface area contributed by atoms with Crippen molar-refractivity contribution >= 4 is 27.3 Å². The fraction of sp³-hybridized carbons (Fsp3) is 0.125. The summed E-state index contributed by atoms with van der Waals surface area (Å²) in [6.45, 7) is 3.92. The zero-order valence-corrected chi connectivity index (χ0v) is 18.7. The highest BCUT2D eigenvalue weighted by molar-refractivity contribution is 8.04. The SMILES string of the molecule is Cc1ccc(NC(SCc2ccccc2F)=C(C#N)S(=O)(=O)c2ccccc2)cc1C. The number of nitrogens with one attached hydrogen (secondary N) is 1. The first-order valence-electron chi connectivity index (χ1n) is 9.48. The van der Waals surface area contributed by atoms with E-state index in [1.165, 1.54) is 18.2 Å². The number of rotatable bonds is 7. The molecular formula is C24H21FN2O2S2. The Morgan fingerprint density at radius 3 is 2.32 bits per heavy atom. The molecular weight excluding hydrogens is 431 g/mol. The Bertz CT molecular complexity index is 1260. The monoisotopic (exact) mass is 452 g/mol. The molecule has 3 aromatic carbocycles. The van der Waals surface area contributed by atoms with Gasteiger partial charge < -0.3 is 5.32 Å². The topological polar surface area (TPSA) is 70.0 Å². The van der Waals surface area contributed by atoms with Crippen molar-refractivity contribution in [1.29, 1.82) is 5.26 Å². The van der Waals surface area contributed by atoms with E-state index in [9.17, 15) is 18.1 Å². The highest BCUT2D eigenvalue weighted by Gasteiger charge is 2.25. The summed E-state index contributed by atoms with van der Waals surface area (Å²) in [5, 5.41) is 13.0. The van der Waals surface area contributed by atoms with Gasteiger partial charge in [-0.3, -0.25) is 0 Å². The van der Waals surface area contributed by atoms with Crippen LogP contribution in [0.1, 0.15) is 16.7 Å². The van der Waals surface area contributed by atoms with Crippen LogP contribution in [0.25, 0.3) is 0 Å². The molecule has 0 fully saturated rings. The summed E-state index contributed by atoms with van der Waals surface area (Å²) >= 11 is 1.07. The molecule has 0 aliphatic rings. The van der Waals surface area contributed by atoms with Crippen molar-refractivity contribution in [2.75, 3.05) is 5.32 Å². The first-order valence-corrected chi connectivity index (χ1v) is 11.9. The Balaban J connectivity index is 2.07. The van der Waals surface area contributed by atoms with Gasteiger partial charge in [-0.2, -0.15) is 5.26 Å². The summed E-state index contributed by atoms with van der Waals surface area (Å²) in [6, 6.07) is 21.5. The van der Waals surface area contributed by atoms with Crippen LogP contribution in [0.5, 0.6) is 0 Å². The molecule has 0 spiro atoms. The molecule has 3 aromatic rings. The van der Waals surface area contributed by atoms with Gasteiger partial charge in [-0.25, -0.2) is 12.8 Å². The lowest BCUT2D eigenvalue weighted by atomic mass is 10.1. The van der Waals surface area contributed by atoms with Crippen molar-refractivity contribution in [1.82, 2.24) is 0 Å². The smallest absolute Gasteiger partial charge is 0.219 e. The molecule has 0 heterocycles. The largest absolute Gasteiger partial charge is 0.349 e. The Morgan fingerprint density at radius 2 is 1.68 bits per heavy atom. The molecule has 3 rings (SSSR count). The molecule has 0 saturated carbocycles. The lowest BCUT2D eigenvalue weighted by molar-refractivity contribution is 0.603. The fourth-order valence-electron chi connectivity index (χ4n) is 2.82. The summed E-state index contributed by atoms with van der Waals surface area (Å²) in [6.07, 6.45) is 0. The van der Waals surface area contributed by atoms with E-state index in [1.807, 2.05) is 38.1 Å². The van der Waals surface area contributed by atoms with E-state index in [0.717, 1.165) is 22.9 Å². The van der Waals surface area contributed by atoms with Crippen LogP contribution in [-0.4, -0.2) is 8.42 Å². The minimum atomic E-state index is -4.06. The van der Waals surface area contributed by atoms with Gasteiger partial charge in [-0.1, -0.05) is 42.5 Å². The summed E-state index contributed by atoms with van der Waals surface area (Å²) < 4.78 is 40.5. The van der Waals surface area contributed by atoms with Gasteiger partial charge in [0.25, 0.3) is 0 Å². The fourth-order valence-corrected chi connectivity index (χ4v) is 5.40. The average molecular weight is 453 g/mol. The number of benzene rings is 3. The van der Waals surface area contributed by atoms with E-state index >= 15 is 0 Å². The second-order valence-electron chi connectivity index (χ2n) is 6.89.